The molecule has 6 heteroatoms. The first-order valence-electron chi connectivity index (χ1n) is 10.6. The van der Waals surface area contributed by atoms with Gasteiger partial charge in [0.2, 0.25) is 5.91 Å². The minimum absolute atomic E-state index is 0.297. The van der Waals surface area contributed by atoms with Crippen LogP contribution in [-0.4, -0.2) is 47.7 Å². The van der Waals surface area contributed by atoms with Crippen molar-refractivity contribution < 1.29 is 4.79 Å². The summed E-state index contributed by atoms with van der Waals surface area (Å²) in [6.07, 6.45) is 1.61. The molecule has 0 N–H and O–H groups in total. The molecule has 2 heterocycles. The number of aromatic nitrogens is 1. The lowest BCUT2D eigenvalue weighted by atomic mass is 10.1. The van der Waals surface area contributed by atoms with Crippen LogP contribution in [0.3, 0.4) is 0 Å². The third-order valence-electron chi connectivity index (χ3n) is 5.62. The Balaban J connectivity index is 1.22. The van der Waals surface area contributed by atoms with Crippen LogP contribution >= 0.6 is 23.1 Å². The Morgan fingerprint density at radius 2 is 1.77 bits per heavy atom. The predicted octanol–water partition coefficient (Wildman–Crippen LogP) is 5.28. The van der Waals surface area contributed by atoms with Crippen molar-refractivity contribution >= 4 is 44.4 Å². The first-order valence-corrected chi connectivity index (χ1v) is 12.6. The van der Waals surface area contributed by atoms with Gasteiger partial charge in [-0.3, -0.25) is 4.79 Å². The van der Waals surface area contributed by atoms with Crippen molar-refractivity contribution in [1.29, 1.82) is 0 Å². The van der Waals surface area contributed by atoms with Gasteiger partial charge in [0.1, 0.15) is 0 Å². The average molecular weight is 440 g/mol. The van der Waals surface area contributed by atoms with Crippen molar-refractivity contribution in [3.8, 4) is 0 Å². The summed E-state index contributed by atoms with van der Waals surface area (Å²) in [5.74, 6) is 2.35. The number of carbonyl (C=O) groups is 1. The number of nitrogens with zero attached hydrogens (tertiary/aromatic N) is 3. The molecule has 0 atom stereocenters. The van der Waals surface area contributed by atoms with E-state index in [0.29, 0.717) is 12.3 Å². The fraction of sp³-hybridized carbons (Fsp3) is 0.417. The van der Waals surface area contributed by atoms with E-state index in [4.69, 9.17) is 4.98 Å². The maximum atomic E-state index is 12.6. The summed E-state index contributed by atoms with van der Waals surface area (Å²) >= 11 is 3.69. The molecule has 0 unspecified atom stereocenters. The van der Waals surface area contributed by atoms with Crippen LogP contribution in [0.5, 0.6) is 0 Å². The highest BCUT2D eigenvalue weighted by Gasteiger charge is 2.23. The SMILES string of the molecule is Cc1ccc(C)c2sc(N3CCN(C(=O)CCCSCc4ccccc4)CC3)nc12. The largest absolute Gasteiger partial charge is 0.345 e. The summed E-state index contributed by atoms with van der Waals surface area (Å²) in [5.41, 5.74) is 5.00. The van der Waals surface area contributed by atoms with Crippen LogP contribution in [0.2, 0.25) is 0 Å². The normalized spacial score (nSPS) is 14.5. The van der Waals surface area contributed by atoms with Gasteiger partial charge in [0.05, 0.1) is 10.2 Å². The van der Waals surface area contributed by atoms with Gasteiger partial charge in [0.25, 0.3) is 0 Å². The summed E-state index contributed by atoms with van der Waals surface area (Å²) in [6.45, 7) is 7.60. The van der Waals surface area contributed by atoms with E-state index in [0.717, 1.165) is 54.8 Å². The van der Waals surface area contributed by atoms with Crippen LogP contribution < -0.4 is 4.90 Å². The van der Waals surface area contributed by atoms with E-state index in [2.05, 4.69) is 55.1 Å². The van der Waals surface area contributed by atoms with Gasteiger partial charge >= 0.3 is 0 Å². The van der Waals surface area contributed by atoms with Crippen molar-refractivity contribution in [2.75, 3.05) is 36.8 Å². The molecule has 1 aromatic heterocycles. The van der Waals surface area contributed by atoms with Gasteiger partial charge < -0.3 is 9.80 Å². The molecule has 0 bridgehead atoms. The number of carbonyl (C=O) groups excluding carboxylic acids is 1. The Morgan fingerprint density at radius 3 is 2.50 bits per heavy atom. The summed E-state index contributed by atoms with van der Waals surface area (Å²) in [6, 6.07) is 14.8. The number of hydrogen-bond donors (Lipinski definition) is 0. The quantitative estimate of drug-likeness (QED) is 0.470. The van der Waals surface area contributed by atoms with E-state index in [9.17, 15) is 4.79 Å². The van der Waals surface area contributed by atoms with Gasteiger partial charge in [0, 0.05) is 38.4 Å². The first-order chi connectivity index (χ1) is 14.6. The van der Waals surface area contributed by atoms with E-state index < -0.39 is 0 Å². The summed E-state index contributed by atoms with van der Waals surface area (Å²) in [7, 11) is 0. The molecule has 158 valence electrons. The second-order valence-electron chi connectivity index (χ2n) is 7.88. The number of anilines is 1. The highest BCUT2D eigenvalue weighted by molar-refractivity contribution is 7.98. The summed E-state index contributed by atoms with van der Waals surface area (Å²) in [4.78, 5) is 21.9. The maximum Gasteiger partial charge on any atom is 0.222 e. The van der Waals surface area contributed by atoms with Crippen molar-refractivity contribution in [2.24, 2.45) is 0 Å². The molecular weight excluding hydrogens is 410 g/mol. The van der Waals surface area contributed by atoms with Crippen LogP contribution in [-0.2, 0) is 10.5 Å². The third-order valence-corrected chi connectivity index (χ3v) is 7.99. The van der Waals surface area contributed by atoms with Gasteiger partial charge in [-0.1, -0.05) is 53.8 Å². The standard InChI is InChI=1S/C24H29N3OS2/c1-18-10-11-19(2)23-22(18)25-24(30-23)27-14-12-26(13-15-27)21(28)9-6-16-29-17-20-7-4-3-5-8-20/h3-5,7-8,10-11H,6,9,12-17H2,1-2H3. The fourth-order valence-corrected chi connectivity index (χ4v) is 5.86. The number of benzene rings is 2. The van der Waals surface area contributed by atoms with Crippen LogP contribution in [0.1, 0.15) is 29.5 Å². The molecule has 0 spiro atoms. The first kappa shape index (κ1) is 21.2. The minimum Gasteiger partial charge on any atom is -0.345 e. The molecule has 1 amide bonds. The molecule has 0 aliphatic carbocycles. The molecule has 30 heavy (non-hydrogen) atoms. The molecule has 4 rings (SSSR count). The number of rotatable bonds is 7. The topological polar surface area (TPSA) is 36.4 Å². The molecule has 1 aliphatic rings. The van der Waals surface area contributed by atoms with Crippen LogP contribution in [0.25, 0.3) is 10.2 Å². The second-order valence-corrected chi connectivity index (χ2v) is 9.97. The van der Waals surface area contributed by atoms with Crippen LogP contribution in [0.4, 0.5) is 5.13 Å². The smallest absolute Gasteiger partial charge is 0.222 e. The number of hydrogen-bond acceptors (Lipinski definition) is 5. The lowest BCUT2D eigenvalue weighted by molar-refractivity contribution is -0.131. The predicted molar refractivity (Wildman–Crippen MR) is 130 cm³/mol. The number of thioether (sulfide) groups is 1. The highest BCUT2D eigenvalue weighted by Crippen LogP contribution is 2.33. The van der Waals surface area contributed by atoms with E-state index in [1.54, 1.807) is 11.3 Å². The number of amides is 1. The summed E-state index contributed by atoms with van der Waals surface area (Å²) in [5, 5.41) is 1.09. The Labute approximate surface area is 187 Å². The number of thiazole rings is 1. The monoisotopic (exact) mass is 439 g/mol. The highest BCUT2D eigenvalue weighted by atomic mass is 32.2. The number of fused-ring (bicyclic) bond motifs is 1. The van der Waals surface area contributed by atoms with Gasteiger partial charge in [-0.2, -0.15) is 11.8 Å². The molecule has 1 saturated heterocycles. The van der Waals surface area contributed by atoms with Crippen LogP contribution in [0.15, 0.2) is 42.5 Å². The van der Waals surface area contributed by atoms with E-state index in [1.807, 2.05) is 22.7 Å². The average Bonchev–Trinajstić information content (AvgIpc) is 3.24. The molecule has 1 fully saturated rings. The van der Waals surface area contributed by atoms with E-state index >= 15 is 0 Å². The second kappa shape index (κ2) is 9.84. The Bertz CT molecular complexity index is 955. The summed E-state index contributed by atoms with van der Waals surface area (Å²) < 4.78 is 1.29. The zero-order valence-electron chi connectivity index (χ0n) is 17.8. The Morgan fingerprint density at radius 1 is 1.03 bits per heavy atom. The van der Waals surface area contributed by atoms with Crippen molar-refractivity contribution in [3.05, 3.63) is 59.2 Å². The Kier molecular flexibility index (Phi) is 6.95. The lowest BCUT2D eigenvalue weighted by Crippen LogP contribution is -2.48. The van der Waals surface area contributed by atoms with Crippen molar-refractivity contribution in [3.63, 3.8) is 0 Å². The molecule has 0 radical (unpaired) electrons. The van der Waals surface area contributed by atoms with Gasteiger partial charge in [-0.15, -0.1) is 0 Å². The zero-order chi connectivity index (χ0) is 20.9. The van der Waals surface area contributed by atoms with E-state index in [1.165, 1.54) is 21.4 Å². The number of piperazine rings is 1. The molecule has 0 saturated carbocycles. The van der Waals surface area contributed by atoms with Gasteiger partial charge in [-0.05, 0) is 42.7 Å². The third kappa shape index (κ3) is 4.98. The zero-order valence-corrected chi connectivity index (χ0v) is 19.4. The van der Waals surface area contributed by atoms with Crippen molar-refractivity contribution in [1.82, 2.24) is 9.88 Å². The van der Waals surface area contributed by atoms with E-state index in [-0.39, 0.29) is 0 Å². The minimum atomic E-state index is 0.297. The molecule has 4 nitrogen and oxygen atoms in total. The molecule has 1 aliphatic heterocycles. The molecule has 3 aromatic rings. The number of aryl methyl sites for hydroxylation is 2. The van der Waals surface area contributed by atoms with Crippen molar-refractivity contribution in [2.45, 2.75) is 32.4 Å². The maximum absolute atomic E-state index is 12.6. The van der Waals surface area contributed by atoms with Gasteiger partial charge in [0.15, 0.2) is 5.13 Å². The molecule has 2 aromatic carbocycles. The Hall–Kier alpha value is -2.05. The van der Waals surface area contributed by atoms with Crippen LogP contribution in [0, 0.1) is 13.8 Å². The van der Waals surface area contributed by atoms with Gasteiger partial charge in [-0.25, -0.2) is 4.98 Å². The fourth-order valence-electron chi connectivity index (χ4n) is 3.78. The molecular formula is C24H29N3OS2. The lowest BCUT2D eigenvalue weighted by Gasteiger charge is -2.34.